The summed E-state index contributed by atoms with van der Waals surface area (Å²) in [5.74, 6) is -0.610. The number of para-hydroxylation sites is 2. The molecule has 1 aliphatic heterocycles. The molecule has 3 rings (SSSR count). The SMILES string of the molecule is Cc1cc(Oc2ccccc2[N+](=O)[O-])c([N+](=O)[O-])cc1OC1OC(CO)C(O)C(O)C1O. The van der Waals surface area contributed by atoms with Crippen LogP contribution in [0.15, 0.2) is 36.4 Å². The van der Waals surface area contributed by atoms with E-state index in [1.807, 2.05) is 0 Å². The van der Waals surface area contributed by atoms with Crippen LogP contribution in [0.25, 0.3) is 0 Å². The first kappa shape index (κ1) is 23.3. The Bertz CT molecular complexity index is 1010. The highest BCUT2D eigenvalue weighted by Crippen LogP contribution is 2.40. The number of aliphatic hydroxyl groups excluding tert-OH is 4. The van der Waals surface area contributed by atoms with E-state index in [1.165, 1.54) is 37.3 Å². The second-order valence-corrected chi connectivity index (χ2v) is 6.98. The molecule has 13 nitrogen and oxygen atoms in total. The molecule has 0 bridgehead atoms. The molecule has 1 fully saturated rings. The van der Waals surface area contributed by atoms with Crippen molar-refractivity contribution in [3.05, 3.63) is 62.2 Å². The fourth-order valence-electron chi connectivity index (χ4n) is 3.10. The molecule has 1 saturated heterocycles. The van der Waals surface area contributed by atoms with Crippen LogP contribution in [0.1, 0.15) is 5.56 Å². The van der Waals surface area contributed by atoms with Gasteiger partial charge in [-0.25, -0.2) is 0 Å². The lowest BCUT2D eigenvalue weighted by Crippen LogP contribution is -2.60. The standard InChI is InChI=1S/C19H20N2O11/c1-9-6-14(30-12-5-3-2-4-10(12)20(26)27)11(21(28)29)7-13(9)31-19-18(25)17(24)16(23)15(8-22)32-19/h2-7,15-19,22-25H,8H2,1H3. The van der Waals surface area contributed by atoms with E-state index in [-0.39, 0.29) is 28.5 Å². The summed E-state index contributed by atoms with van der Waals surface area (Å²) in [6.45, 7) is 0.821. The summed E-state index contributed by atoms with van der Waals surface area (Å²) in [6, 6.07) is 7.55. The first-order chi connectivity index (χ1) is 15.1. The van der Waals surface area contributed by atoms with Gasteiger partial charge in [0, 0.05) is 6.07 Å². The van der Waals surface area contributed by atoms with Crippen LogP contribution in [0.2, 0.25) is 0 Å². The van der Waals surface area contributed by atoms with Crippen molar-refractivity contribution >= 4 is 11.4 Å². The summed E-state index contributed by atoms with van der Waals surface area (Å²) in [6.07, 6.45) is -7.78. The zero-order valence-electron chi connectivity index (χ0n) is 16.6. The molecule has 2 aromatic rings. The van der Waals surface area contributed by atoms with Crippen LogP contribution in [-0.4, -0.2) is 67.6 Å². The van der Waals surface area contributed by atoms with E-state index in [4.69, 9.17) is 14.2 Å². The van der Waals surface area contributed by atoms with E-state index < -0.39 is 52.8 Å². The van der Waals surface area contributed by atoms with Gasteiger partial charge in [-0.2, -0.15) is 0 Å². The summed E-state index contributed by atoms with van der Waals surface area (Å²) in [5.41, 5.74) is -0.699. The maximum absolute atomic E-state index is 11.6. The zero-order chi connectivity index (χ0) is 23.6. The lowest BCUT2D eigenvalue weighted by Gasteiger charge is -2.39. The van der Waals surface area contributed by atoms with Gasteiger partial charge in [-0.1, -0.05) is 12.1 Å². The van der Waals surface area contributed by atoms with Crippen molar-refractivity contribution in [3.8, 4) is 17.2 Å². The van der Waals surface area contributed by atoms with Gasteiger partial charge in [-0.3, -0.25) is 20.2 Å². The zero-order valence-corrected chi connectivity index (χ0v) is 16.6. The van der Waals surface area contributed by atoms with Crippen molar-refractivity contribution in [1.82, 2.24) is 0 Å². The van der Waals surface area contributed by atoms with Gasteiger partial charge < -0.3 is 34.6 Å². The van der Waals surface area contributed by atoms with E-state index in [1.54, 1.807) is 0 Å². The van der Waals surface area contributed by atoms with Crippen molar-refractivity contribution in [2.45, 2.75) is 37.6 Å². The van der Waals surface area contributed by atoms with Gasteiger partial charge in [-0.05, 0) is 24.6 Å². The molecular weight excluding hydrogens is 432 g/mol. The van der Waals surface area contributed by atoms with Crippen LogP contribution in [0.5, 0.6) is 17.2 Å². The molecule has 2 aromatic carbocycles. The predicted octanol–water partition coefficient (Wildman–Crippen LogP) is 0.782. The molecule has 4 N–H and O–H groups in total. The lowest BCUT2D eigenvalue weighted by molar-refractivity contribution is -0.387. The molecule has 5 unspecified atom stereocenters. The summed E-state index contributed by atoms with van der Waals surface area (Å²) < 4.78 is 16.2. The Labute approximate surface area is 180 Å². The summed E-state index contributed by atoms with van der Waals surface area (Å²) in [7, 11) is 0. The van der Waals surface area contributed by atoms with Crippen LogP contribution in [0.3, 0.4) is 0 Å². The number of aryl methyl sites for hydroxylation is 1. The molecule has 172 valence electrons. The third kappa shape index (κ3) is 4.61. The van der Waals surface area contributed by atoms with Crippen molar-refractivity contribution in [2.75, 3.05) is 6.61 Å². The fourth-order valence-corrected chi connectivity index (χ4v) is 3.10. The van der Waals surface area contributed by atoms with E-state index in [0.717, 1.165) is 6.07 Å². The van der Waals surface area contributed by atoms with Gasteiger partial charge in [0.2, 0.25) is 17.8 Å². The fraction of sp³-hybridized carbons (Fsp3) is 0.368. The molecule has 0 amide bonds. The van der Waals surface area contributed by atoms with Crippen LogP contribution in [-0.2, 0) is 4.74 Å². The van der Waals surface area contributed by atoms with Gasteiger partial charge >= 0.3 is 11.4 Å². The molecule has 0 saturated carbocycles. The number of nitro benzene ring substituents is 2. The van der Waals surface area contributed by atoms with E-state index >= 15 is 0 Å². The van der Waals surface area contributed by atoms with Gasteiger partial charge in [0.25, 0.3) is 0 Å². The van der Waals surface area contributed by atoms with Gasteiger partial charge in [0.1, 0.15) is 30.2 Å². The third-order valence-corrected chi connectivity index (χ3v) is 4.83. The van der Waals surface area contributed by atoms with Crippen LogP contribution < -0.4 is 9.47 Å². The van der Waals surface area contributed by atoms with Crippen molar-refractivity contribution in [1.29, 1.82) is 0 Å². The normalized spacial score (nSPS) is 25.2. The number of benzene rings is 2. The molecular formula is C19H20N2O11. The average Bonchev–Trinajstić information content (AvgIpc) is 2.75. The third-order valence-electron chi connectivity index (χ3n) is 4.83. The van der Waals surface area contributed by atoms with Gasteiger partial charge in [0.15, 0.2) is 0 Å². The quantitative estimate of drug-likeness (QED) is 0.342. The minimum Gasteiger partial charge on any atom is -0.461 e. The summed E-state index contributed by atoms with van der Waals surface area (Å²) in [4.78, 5) is 21.3. The minimum absolute atomic E-state index is 0.115. The molecule has 0 radical (unpaired) electrons. The Morgan fingerprint density at radius 2 is 1.59 bits per heavy atom. The molecule has 0 aliphatic carbocycles. The number of hydrogen-bond donors (Lipinski definition) is 4. The predicted molar refractivity (Wildman–Crippen MR) is 105 cm³/mol. The number of rotatable bonds is 7. The van der Waals surface area contributed by atoms with Crippen LogP contribution in [0.4, 0.5) is 11.4 Å². The number of ether oxygens (including phenoxy) is 3. The number of aliphatic hydroxyl groups is 4. The Kier molecular flexibility index (Phi) is 6.86. The molecule has 5 atom stereocenters. The number of hydrogen-bond acceptors (Lipinski definition) is 11. The largest absolute Gasteiger partial charge is 0.461 e. The van der Waals surface area contributed by atoms with E-state index in [2.05, 4.69) is 0 Å². The lowest BCUT2D eigenvalue weighted by atomic mass is 9.99. The Balaban J connectivity index is 1.93. The van der Waals surface area contributed by atoms with Crippen molar-refractivity contribution < 1.29 is 44.5 Å². The topological polar surface area (TPSA) is 195 Å². The molecule has 0 spiro atoms. The maximum atomic E-state index is 11.6. The summed E-state index contributed by atoms with van der Waals surface area (Å²) >= 11 is 0. The molecule has 1 aliphatic rings. The molecule has 1 heterocycles. The van der Waals surface area contributed by atoms with Gasteiger partial charge in [0.05, 0.1) is 22.5 Å². The van der Waals surface area contributed by atoms with Crippen molar-refractivity contribution in [3.63, 3.8) is 0 Å². The highest BCUT2D eigenvalue weighted by molar-refractivity contribution is 5.58. The first-order valence-electron chi connectivity index (χ1n) is 9.31. The Morgan fingerprint density at radius 3 is 2.22 bits per heavy atom. The molecule has 0 aromatic heterocycles. The van der Waals surface area contributed by atoms with E-state index in [9.17, 15) is 40.7 Å². The molecule has 13 heteroatoms. The van der Waals surface area contributed by atoms with E-state index in [0.29, 0.717) is 0 Å². The van der Waals surface area contributed by atoms with Crippen LogP contribution in [0, 0.1) is 27.2 Å². The summed E-state index contributed by atoms with van der Waals surface area (Å²) in [5, 5.41) is 61.9. The second-order valence-electron chi connectivity index (χ2n) is 6.98. The minimum atomic E-state index is -1.71. The first-order valence-corrected chi connectivity index (χ1v) is 9.31. The van der Waals surface area contributed by atoms with Gasteiger partial charge in [-0.15, -0.1) is 0 Å². The Hall–Kier alpha value is -3.36. The highest BCUT2D eigenvalue weighted by Gasteiger charge is 2.45. The smallest absolute Gasteiger partial charge is 0.315 e. The highest BCUT2D eigenvalue weighted by atomic mass is 16.7. The van der Waals surface area contributed by atoms with Crippen molar-refractivity contribution in [2.24, 2.45) is 0 Å². The molecule has 32 heavy (non-hydrogen) atoms. The number of nitrogens with zero attached hydrogens (tertiary/aromatic N) is 2. The second kappa shape index (κ2) is 9.42. The average molecular weight is 452 g/mol. The van der Waals surface area contributed by atoms with Crippen LogP contribution >= 0.6 is 0 Å². The monoisotopic (exact) mass is 452 g/mol. The number of nitro groups is 2. The Morgan fingerprint density at radius 1 is 0.938 bits per heavy atom. The maximum Gasteiger partial charge on any atom is 0.315 e.